The molecule has 0 aliphatic carbocycles. The summed E-state index contributed by atoms with van der Waals surface area (Å²) in [5.41, 5.74) is 5.24. The molecule has 0 aliphatic heterocycles. The molecule has 84 valence electrons. The summed E-state index contributed by atoms with van der Waals surface area (Å²) in [4.78, 5) is 0. The minimum Gasteiger partial charge on any atom is -0.491 e. The molecule has 5 heteroatoms. The molecule has 0 heterocycles. The average molecular weight is 278 g/mol. The van der Waals surface area contributed by atoms with Crippen LogP contribution in [-0.2, 0) is 4.74 Å². The average Bonchev–Trinajstić information content (AvgIpc) is 2.23. The molecule has 1 rings (SSSR count). The molecule has 0 amide bonds. The van der Waals surface area contributed by atoms with Crippen molar-refractivity contribution in [2.24, 2.45) is 5.73 Å². The smallest absolute Gasteiger partial charge is 0.137 e. The molecule has 0 saturated heterocycles. The van der Waals surface area contributed by atoms with E-state index in [4.69, 9.17) is 15.2 Å². The zero-order valence-electron chi connectivity index (χ0n) is 8.21. The molecule has 15 heavy (non-hydrogen) atoms. The third-order valence-corrected chi connectivity index (χ3v) is 2.26. The van der Waals surface area contributed by atoms with E-state index in [0.717, 1.165) is 0 Å². The van der Waals surface area contributed by atoms with Crippen LogP contribution < -0.4 is 10.5 Å². The van der Waals surface area contributed by atoms with Crippen LogP contribution in [0.2, 0.25) is 0 Å². The predicted octanol–water partition coefficient (Wildman–Crippen LogP) is 1.94. The molecular formula is C10H13BrFNO2. The highest BCUT2D eigenvalue weighted by atomic mass is 79.9. The molecule has 1 aromatic carbocycles. The van der Waals surface area contributed by atoms with Gasteiger partial charge in [0.05, 0.1) is 17.7 Å². The summed E-state index contributed by atoms with van der Waals surface area (Å²) >= 11 is 3.08. The van der Waals surface area contributed by atoms with E-state index >= 15 is 0 Å². The fraction of sp³-hybridized carbons (Fsp3) is 0.400. The summed E-state index contributed by atoms with van der Waals surface area (Å²) in [6.07, 6.45) is 0. The van der Waals surface area contributed by atoms with Gasteiger partial charge in [0.1, 0.15) is 18.2 Å². The molecular weight excluding hydrogens is 265 g/mol. The Morgan fingerprint density at radius 2 is 2.07 bits per heavy atom. The van der Waals surface area contributed by atoms with E-state index in [1.54, 1.807) is 12.1 Å². The van der Waals surface area contributed by atoms with Crippen molar-refractivity contribution >= 4 is 15.9 Å². The van der Waals surface area contributed by atoms with Gasteiger partial charge in [-0.3, -0.25) is 0 Å². The van der Waals surface area contributed by atoms with Crippen molar-refractivity contribution in [2.45, 2.75) is 0 Å². The molecule has 0 radical (unpaired) electrons. The Labute approximate surface area is 96.5 Å². The van der Waals surface area contributed by atoms with Crippen LogP contribution in [0, 0.1) is 5.82 Å². The third-order valence-electron chi connectivity index (χ3n) is 1.65. The lowest BCUT2D eigenvalue weighted by atomic mass is 10.3. The van der Waals surface area contributed by atoms with Crippen molar-refractivity contribution in [3.63, 3.8) is 0 Å². The van der Waals surface area contributed by atoms with Crippen molar-refractivity contribution in [3.8, 4) is 5.75 Å². The van der Waals surface area contributed by atoms with E-state index in [9.17, 15) is 4.39 Å². The Bertz CT molecular complexity index is 309. The van der Waals surface area contributed by atoms with Crippen LogP contribution in [-0.4, -0.2) is 26.4 Å². The summed E-state index contributed by atoms with van der Waals surface area (Å²) in [5.74, 6) is 0.307. The normalized spacial score (nSPS) is 10.3. The second-order valence-corrected chi connectivity index (χ2v) is 3.68. The standard InChI is InChI=1S/C10H13BrFNO2/c11-9-7-8(1-2-10(9)12)15-6-5-14-4-3-13/h1-2,7H,3-6,13H2. The van der Waals surface area contributed by atoms with Gasteiger partial charge in [0, 0.05) is 6.54 Å². The summed E-state index contributed by atoms with van der Waals surface area (Å²) in [5, 5.41) is 0. The predicted molar refractivity (Wildman–Crippen MR) is 59.5 cm³/mol. The Hall–Kier alpha value is -0.650. The lowest BCUT2D eigenvalue weighted by Crippen LogP contribution is -2.13. The van der Waals surface area contributed by atoms with Crippen LogP contribution in [0.1, 0.15) is 0 Å². The lowest BCUT2D eigenvalue weighted by Gasteiger charge is -2.07. The monoisotopic (exact) mass is 277 g/mol. The molecule has 0 aliphatic rings. The fourth-order valence-electron chi connectivity index (χ4n) is 0.970. The molecule has 0 aromatic heterocycles. The quantitative estimate of drug-likeness (QED) is 0.809. The Morgan fingerprint density at radius 1 is 1.27 bits per heavy atom. The topological polar surface area (TPSA) is 44.5 Å². The molecule has 2 N–H and O–H groups in total. The fourth-order valence-corrected chi connectivity index (χ4v) is 1.33. The van der Waals surface area contributed by atoms with Crippen LogP contribution in [0.15, 0.2) is 22.7 Å². The molecule has 0 saturated carbocycles. The first-order chi connectivity index (χ1) is 7.24. The number of benzene rings is 1. The first kappa shape index (κ1) is 12.4. The Balaban J connectivity index is 2.28. The third kappa shape index (κ3) is 4.59. The van der Waals surface area contributed by atoms with Crippen molar-refractivity contribution in [2.75, 3.05) is 26.4 Å². The van der Waals surface area contributed by atoms with Crippen LogP contribution in [0.5, 0.6) is 5.75 Å². The van der Waals surface area contributed by atoms with Gasteiger partial charge >= 0.3 is 0 Å². The summed E-state index contributed by atoms with van der Waals surface area (Å²) in [6, 6.07) is 4.50. The van der Waals surface area contributed by atoms with E-state index in [0.29, 0.717) is 36.6 Å². The minimum absolute atomic E-state index is 0.304. The van der Waals surface area contributed by atoms with Crippen LogP contribution in [0.4, 0.5) is 4.39 Å². The van der Waals surface area contributed by atoms with Gasteiger partial charge in [0.2, 0.25) is 0 Å². The molecule has 0 atom stereocenters. The van der Waals surface area contributed by atoms with Gasteiger partial charge in [-0.15, -0.1) is 0 Å². The second kappa shape index (κ2) is 6.76. The van der Waals surface area contributed by atoms with Gasteiger partial charge in [-0.25, -0.2) is 4.39 Å². The summed E-state index contributed by atoms with van der Waals surface area (Å²) in [6.45, 7) is 1.93. The Morgan fingerprint density at radius 3 is 2.73 bits per heavy atom. The maximum Gasteiger partial charge on any atom is 0.137 e. The van der Waals surface area contributed by atoms with E-state index in [-0.39, 0.29) is 5.82 Å². The first-order valence-corrected chi connectivity index (χ1v) is 5.39. The minimum atomic E-state index is -0.304. The van der Waals surface area contributed by atoms with Crippen molar-refractivity contribution < 1.29 is 13.9 Å². The maximum atomic E-state index is 12.8. The van der Waals surface area contributed by atoms with Crippen LogP contribution >= 0.6 is 15.9 Å². The largest absolute Gasteiger partial charge is 0.491 e. The Kier molecular flexibility index (Phi) is 5.60. The molecule has 0 unspecified atom stereocenters. The highest BCUT2D eigenvalue weighted by Crippen LogP contribution is 2.21. The van der Waals surface area contributed by atoms with Gasteiger partial charge in [-0.2, -0.15) is 0 Å². The first-order valence-electron chi connectivity index (χ1n) is 4.59. The SMILES string of the molecule is NCCOCCOc1ccc(F)c(Br)c1. The van der Waals surface area contributed by atoms with Crippen molar-refractivity contribution in [1.82, 2.24) is 0 Å². The zero-order valence-corrected chi connectivity index (χ0v) is 9.80. The van der Waals surface area contributed by atoms with Crippen molar-refractivity contribution in [1.29, 1.82) is 0 Å². The molecule has 0 spiro atoms. The lowest BCUT2D eigenvalue weighted by molar-refractivity contribution is 0.106. The number of nitrogens with two attached hydrogens (primary N) is 1. The number of hydrogen-bond donors (Lipinski definition) is 1. The van der Waals surface area contributed by atoms with Crippen LogP contribution in [0.25, 0.3) is 0 Å². The van der Waals surface area contributed by atoms with E-state index in [1.807, 2.05) is 0 Å². The maximum absolute atomic E-state index is 12.8. The molecule has 1 aromatic rings. The molecule has 0 fully saturated rings. The zero-order chi connectivity index (χ0) is 11.1. The number of halogens is 2. The van der Waals surface area contributed by atoms with E-state index in [2.05, 4.69) is 15.9 Å². The molecule has 3 nitrogen and oxygen atoms in total. The van der Waals surface area contributed by atoms with Gasteiger partial charge < -0.3 is 15.2 Å². The van der Waals surface area contributed by atoms with E-state index < -0.39 is 0 Å². The van der Waals surface area contributed by atoms with Gasteiger partial charge in [0.15, 0.2) is 0 Å². The van der Waals surface area contributed by atoms with Gasteiger partial charge in [-0.1, -0.05) is 0 Å². The number of ether oxygens (including phenoxy) is 2. The molecule has 0 bridgehead atoms. The van der Waals surface area contributed by atoms with Crippen LogP contribution in [0.3, 0.4) is 0 Å². The summed E-state index contributed by atoms with van der Waals surface area (Å²) < 4.78 is 23.7. The number of hydrogen-bond acceptors (Lipinski definition) is 3. The van der Waals surface area contributed by atoms with Gasteiger partial charge in [-0.05, 0) is 34.1 Å². The second-order valence-electron chi connectivity index (χ2n) is 2.83. The summed E-state index contributed by atoms with van der Waals surface area (Å²) in [7, 11) is 0. The highest BCUT2D eigenvalue weighted by molar-refractivity contribution is 9.10. The number of rotatable bonds is 6. The highest BCUT2D eigenvalue weighted by Gasteiger charge is 2.00. The van der Waals surface area contributed by atoms with Crippen molar-refractivity contribution in [3.05, 3.63) is 28.5 Å². The van der Waals surface area contributed by atoms with Gasteiger partial charge in [0.25, 0.3) is 0 Å². The van der Waals surface area contributed by atoms with E-state index in [1.165, 1.54) is 6.07 Å².